The molecular formula is C34H76O4. The van der Waals surface area contributed by atoms with Crippen molar-refractivity contribution >= 4 is 0 Å². The van der Waals surface area contributed by atoms with Gasteiger partial charge in [0.25, 0.3) is 0 Å². The molecule has 236 valence electrons. The summed E-state index contributed by atoms with van der Waals surface area (Å²) in [7, 11) is 7.05. The van der Waals surface area contributed by atoms with Gasteiger partial charge in [0.05, 0.1) is 11.7 Å². The van der Waals surface area contributed by atoms with Crippen LogP contribution in [0.25, 0.3) is 0 Å². The predicted molar refractivity (Wildman–Crippen MR) is 171 cm³/mol. The van der Waals surface area contributed by atoms with E-state index in [-0.39, 0.29) is 5.60 Å². The molecule has 0 N–H and O–H groups in total. The lowest BCUT2D eigenvalue weighted by molar-refractivity contribution is 0.00697. The van der Waals surface area contributed by atoms with Crippen LogP contribution in [0.5, 0.6) is 0 Å². The highest BCUT2D eigenvalue weighted by Crippen LogP contribution is 2.26. The molecular weight excluding hydrogens is 472 g/mol. The summed E-state index contributed by atoms with van der Waals surface area (Å²) in [5.41, 5.74) is 1.82. The summed E-state index contributed by atoms with van der Waals surface area (Å²) in [6.45, 7) is 35.1. The zero-order valence-corrected chi connectivity index (χ0v) is 30.1. The minimum absolute atomic E-state index is 0.0489. The van der Waals surface area contributed by atoms with E-state index in [4.69, 9.17) is 18.9 Å². The number of hydrogen-bond donors (Lipinski definition) is 0. The molecule has 1 unspecified atom stereocenters. The second-order valence-corrected chi connectivity index (χ2v) is 16.1. The largest absolute Gasteiger partial charge is 0.385 e. The molecule has 0 amide bonds. The molecule has 0 bridgehead atoms. The van der Waals surface area contributed by atoms with Gasteiger partial charge >= 0.3 is 0 Å². The highest BCUT2D eigenvalue weighted by molar-refractivity contribution is 4.72. The third-order valence-electron chi connectivity index (χ3n) is 6.06. The molecule has 1 atom stereocenters. The molecule has 4 heteroatoms. The summed E-state index contributed by atoms with van der Waals surface area (Å²) < 4.78 is 20.3. The molecule has 0 aliphatic heterocycles. The van der Waals surface area contributed by atoms with Crippen LogP contribution in [-0.4, -0.2) is 53.4 Å². The molecule has 0 aliphatic carbocycles. The molecule has 38 heavy (non-hydrogen) atoms. The van der Waals surface area contributed by atoms with Gasteiger partial charge in [0.1, 0.15) is 0 Å². The number of ether oxygens (including phenoxy) is 4. The molecule has 0 aromatic heterocycles. The standard InChI is InChI=1S/C10H22O.C9H20O.C8H18O.C7H16O/c1-9(2,3)7-8-10(4,5)11-6;1-8(10-5)6-7-9(2,3)4;1-8(2,3)6-5-7-9-4;1-7(2,3)5-6-8-4/h7-8H2,1-6H3;8H,6-7H2,1-5H3;5-7H2,1-4H3;5-6H2,1-4H3. The van der Waals surface area contributed by atoms with Crippen molar-refractivity contribution in [2.24, 2.45) is 21.7 Å². The lowest BCUT2D eigenvalue weighted by Crippen LogP contribution is -2.24. The Bertz CT molecular complexity index is 485. The molecule has 0 aliphatic rings. The molecule has 0 rings (SSSR count). The Morgan fingerprint density at radius 1 is 0.474 bits per heavy atom. The summed E-state index contributed by atoms with van der Waals surface area (Å²) in [6, 6.07) is 0. The maximum Gasteiger partial charge on any atom is 0.0623 e. The first-order valence-electron chi connectivity index (χ1n) is 14.9. The van der Waals surface area contributed by atoms with Gasteiger partial charge in [-0.05, 0) is 87.4 Å². The van der Waals surface area contributed by atoms with Crippen LogP contribution in [0, 0.1) is 21.7 Å². The van der Waals surface area contributed by atoms with Crippen LogP contribution in [0.1, 0.15) is 149 Å². The van der Waals surface area contributed by atoms with Crippen LogP contribution >= 0.6 is 0 Å². The Balaban J connectivity index is -0.000000204. The van der Waals surface area contributed by atoms with Gasteiger partial charge in [-0.15, -0.1) is 0 Å². The molecule has 0 spiro atoms. The van der Waals surface area contributed by atoms with Gasteiger partial charge in [-0.2, -0.15) is 0 Å². The highest BCUT2D eigenvalue weighted by atomic mass is 16.5. The fourth-order valence-electron chi connectivity index (χ4n) is 2.69. The average Bonchev–Trinajstić information content (AvgIpc) is 2.74. The third-order valence-corrected chi connectivity index (χ3v) is 6.06. The molecule has 0 aromatic carbocycles. The number of hydrogen-bond acceptors (Lipinski definition) is 4. The molecule has 0 saturated heterocycles. The second-order valence-electron chi connectivity index (χ2n) is 16.1. The van der Waals surface area contributed by atoms with Gasteiger partial charge in [-0.1, -0.05) is 83.1 Å². The third kappa shape index (κ3) is 52.3. The number of rotatable bonds is 11. The van der Waals surface area contributed by atoms with Crippen molar-refractivity contribution in [2.45, 2.75) is 161 Å². The second kappa shape index (κ2) is 22.5. The van der Waals surface area contributed by atoms with Gasteiger partial charge in [0, 0.05) is 41.7 Å². The van der Waals surface area contributed by atoms with Crippen molar-refractivity contribution in [3.05, 3.63) is 0 Å². The molecule has 0 saturated carbocycles. The minimum atomic E-state index is 0.0489. The summed E-state index contributed by atoms with van der Waals surface area (Å²) in [5, 5.41) is 0. The minimum Gasteiger partial charge on any atom is -0.385 e. The smallest absolute Gasteiger partial charge is 0.0623 e. The van der Waals surface area contributed by atoms with Crippen molar-refractivity contribution in [3.8, 4) is 0 Å². The van der Waals surface area contributed by atoms with E-state index in [0.717, 1.165) is 26.1 Å². The summed E-state index contributed by atoms with van der Waals surface area (Å²) in [5.74, 6) is 0. The molecule has 0 aromatic rings. The van der Waals surface area contributed by atoms with E-state index in [1.54, 1.807) is 28.4 Å². The Kier molecular flexibility index (Phi) is 26.6. The number of methoxy groups -OCH3 is 4. The average molecular weight is 549 g/mol. The van der Waals surface area contributed by atoms with E-state index in [1.165, 1.54) is 32.1 Å². The van der Waals surface area contributed by atoms with Gasteiger partial charge in [-0.3, -0.25) is 0 Å². The van der Waals surface area contributed by atoms with Crippen molar-refractivity contribution in [1.29, 1.82) is 0 Å². The Hall–Kier alpha value is -0.160. The zero-order chi connectivity index (χ0) is 31.3. The monoisotopic (exact) mass is 549 g/mol. The molecule has 0 radical (unpaired) electrons. The lowest BCUT2D eigenvalue weighted by Gasteiger charge is -2.27. The van der Waals surface area contributed by atoms with Crippen LogP contribution in [-0.2, 0) is 18.9 Å². The van der Waals surface area contributed by atoms with Crippen LogP contribution in [0.3, 0.4) is 0 Å². The lowest BCUT2D eigenvalue weighted by atomic mass is 9.86. The van der Waals surface area contributed by atoms with Crippen LogP contribution < -0.4 is 0 Å². The van der Waals surface area contributed by atoms with Crippen LogP contribution in [0.15, 0.2) is 0 Å². The van der Waals surface area contributed by atoms with Crippen molar-refractivity contribution < 1.29 is 18.9 Å². The van der Waals surface area contributed by atoms with E-state index in [9.17, 15) is 0 Å². The fraction of sp³-hybridized carbons (Fsp3) is 1.00. The summed E-state index contributed by atoms with van der Waals surface area (Å²) in [4.78, 5) is 0. The van der Waals surface area contributed by atoms with Crippen LogP contribution in [0.4, 0.5) is 0 Å². The van der Waals surface area contributed by atoms with E-state index in [2.05, 4.69) is 104 Å². The van der Waals surface area contributed by atoms with E-state index in [0.29, 0.717) is 27.8 Å². The van der Waals surface area contributed by atoms with Crippen molar-refractivity contribution in [1.82, 2.24) is 0 Å². The van der Waals surface area contributed by atoms with E-state index < -0.39 is 0 Å². The van der Waals surface area contributed by atoms with Gasteiger partial charge < -0.3 is 18.9 Å². The topological polar surface area (TPSA) is 36.9 Å². The maximum atomic E-state index is 5.33. The molecule has 4 nitrogen and oxygen atoms in total. The predicted octanol–water partition coefficient (Wildman–Crippen LogP) is 10.6. The van der Waals surface area contributed by atoms with Crippen molar-refractivity contribution in [3.63, 3.8) is 0 Å². The molecule has 0 heterocycles. The quantitative estimate of drug-likeness (QED) is 0.241. The van der Waals surface area contributed by atoms with Gasteiger partial charge in [-0.25, -0.2) is 0 Å². The summed E-state index contributed by atoms with van der Waals surface area (Å²) >= 11 is 0. The maximum absolute atomic E-state index is 5.33. The SMILES string of the molecule is COC(C)(C)CCC(C)(C)C.COC(C)CCC(C)(C)C.COCCC(C)(C)C.COCCCC(C)(C)C. The van der Waals surface area contributed by atoms with Crippen LogP contribution in [0.2, 0.25) is 0 Å². The molecule has 0 fully saturated rings. The Labute approximate surface area is 242 Å². The van der Waals surface area contributed by atoms with Gasteiger partial charge in [0.15, 0.2) is 0 Å². The Morgan fingerprint density at radius 2 is 0.868 bits per heavy atom. The zero-order valence-electron chi connectivity index (χ0n) is 30.1. The first-order valence-corrected chi connectivity index (χ1v) is 14.9. The Morgan fingerprint density at radius 3 is 1.13 bits per heavy atom. The summed E-state index contributed by atoms with van der Waals surface area (Å²) in [6.07, 6.45) is 8.74. The normalized spacial score (nSPS) is 13.3. The van der Waals surface area contributed by atoms with Crippen molar-refractivity contribution in [2.75, 3.05) is 41.7 Å². The highest BCUT2D eigenvalue weighted by Gasteiger charge is 2.20. The van der Waals surface area contributed by atoms with E-state index in [1.807, 2.05) is 0 Å². The van der Waals surface area contributed by atoms with E-state index >= 15 is 0 Å². The van der Waals surface area contributed by atoms with Gasteiger partial charge in [0.2, 0.25) is 0 Å². The first-order chi connectivity index (χ1) is 16.8. The fourth-order valence-corrected chi connectivity index (χ4v) is 2.69. The first kappa shape index (κ1) is 44.8.